The van der Waals surface area contributed by atoms with Crippen LogP contribution in [0.2, 0.25) is 25.2 Å². The fourth-order valence-electron chi connectivity index (χ4n) is 2.27. The van der Waals surface area contributed by atoms with Crippen molar-refractivity contribution in [1.82, 2.24) is 0 Å². The van der Waals surface area contributed by atoms with Crippen LogP contribution in [0.4, 0.5) is 0 Å². The third-order valence-electron chi connectivity index (χ3n) is 3.14. The molecular weight excluding hydrogens is 164 g/mol. The summed E-state index contributed by atoms with van der Waals surface area (Å²) in [6, 6.07) is 0. The molecule has 0 amide bonds. The maximum absolute atomic E-state index is 9.64. The van der Waals surface area contributed by atoms with E-state index in [1.165, 1.54) is 6.42 Å². The van der Waals surface area contributed by atoms with E-state index in [1.807, 2.05) is 0 Å². The maximum atomic E-state index is 9.64. The molecular formula is C10H22OSi. The van der Waals surface area contributed by atoms with Crippen LogP contribution >= 0.6 is 0 Å². The van der Waals surface area contributed by atoms with Gasteiger partial charge in [0.1, 0.15) is 0 Å². The van der Waals surface area contributed by atoms with Crippen LogP contribution in [0, 0.1) is 5.92 Å². The molecule has 0 unspecified atom stereocenters. The lowest BCUT2D eigenvalue weighted by atomic mass is 9.88. The lowest BCUT2D eigenvalue weighted by Gasteiger charge is -2.37. The van der Waals surface area contributed by atoms with E-state index in [1.54, 1.807) is 0 Å². The van der Waals surface area contributed by atoms with Gasteiger partial charge in [0.2, 0.25) is 0 Å². The van der Waals surface area contributed by atoms with Gasteiger partial charge in [-0.3, -0.25) is 0 Å². The topological polar surface area (TPSA) is 20.2 Å². The molecule has 2 heteroatoms. The molecule has 72 valence electrons. The van der Waals surface area contributed by atoms with Crippen LogP contribution in [-0.2, 0) is 0 Å². The minimum absolute atomic E-state index is 0.00882. The van der Waals surface area contributed by atoms with Gasteiger partial charge in [-0.1, -0.05) is 33.0 Å². The van der Waals surface area contributed by atoms with Crippen molar-refractivity contribution in [2.75, 3.05) is 0 Å². The minimum Gasteiger partial charge on any atom is -0.393 e. The van der Waals surface area contributed by atoms with E-state index in [-0.39, 0.29) is 6.10 Å². The first kappa shape index (κ1) is 10.3. The molecule has 0 aromatic rings. The number of aliphatic hydroxyl groups is 1. The molecule has 0 aromatic carbocycles. The molecule has 1 rings (SSSR count). The number of rotatable bonds is 1. The smallest absolute Gasteiger partial charge is 0.0542 e. The third kappa shape index (κ3) is 2.59. The minimum atomic E-state index is -1.000. The second-order valence-corrected chi connectivity index (χ2v) is 11.1. The highest BCUT2D eigenvalue weighted by Gasteiger charge is 2.33. The van der Waals surface area contributed by atoms with E-state index in [9.17, 15) is 5.11 Å². The first-order valence-electron chi connectivity index (χ1n) is 5.07. The van der Waals surface area contributed by atoms with Crippen LogP contribution < -0.4 is 0 Å². The normalized spacial score (nSPS) is 38.2. The van der Waals surface area contributed by atoms with Gasteiger partial charge < -0.3 is 5.11 Å². The predicted octanol–water partition coefficient (Wildman–Crippen LogP) is 2.88. The Kier molecular flexibility index (Phi) is 3.00. The van der Waals surface area contributed by atoms with Crippen molar-refractivity contribution in [3.63, 3.8) is 0 Å². The Morgan fingerprint density at radius 1 is 1.08 bits per heavy atom. The molecule has 0 heterocycles. The van der Waals surface area contributed by atoms with Gasteiger partial charge >= 0.3 is 0 Å². The zero-order valence-corrected chi connectivity index (χ0v) is 9.80. The van der Waals surface area contributed by atoms with E-state index in [2.05, 4.69) is 26.6 Å². The standard InChI is InChI=1S/C10H22OSi/c1-8-5-9(11)7-10(6-8)12(2,3)4/h8-11H,5-7H2,1-4H3/t8-,9+,10+/m1/s1. The second kappa shape index (κ2) is 3.50. The molecule has 1 aliphatic carbocycles. The average Bonchev–Trinajstić information content (AvgIpc) is 1.82. The fraction of sp³-hybridized carbons (Fsp3) is 1.00. The van der Waals surface area contributed by atoms with Gasteiger partial charge in [0.15, 0.2) is 0 Å². The molecule has 0 bridgehead atoms. The van der Waals surface area contributed by atoms with Crippen LogP contribution in [-0.4, -0.2) is 19.3 Å². The maximum Gasteiger partial charge on any atom is 0.0542 e. The molecule has 0 radical (unpaired) electrons. The molecule has 1 saturated carbocycles. The number of hydrogen-bond donors (Lipinski definition) is 1. The van der Waals surface area contributed by atoms with Crippen LogP contribution in [0.1, 0.15) is 26.2 Å². The zero-order valence-electron chi connectivity index (χ0n) is 8.80. The Balaban J connectivity index is 2.55. The molecule has 1 aliphatic rings. The van der Waals surface area contributed by atoms with Crippen molar-refractivity contribution in [2.24, 2.45) is 5.92 Å². The lowest BCUT2D eigenvalue weighted by molar-refractivity contribution is 0.105. The Morgan fingerprint density at radius 2 is 1.67 bits per heavy atom. The molecule has 1 nitrogen and oxygen atoms in total. The Labute approximate surface area is 77.2 Å². The van der Waals surface area contributed by atoms with Crippen LogP contribution in [0.15, 0.2) is 0 Å². The molecule has 1 N–H and O–H groups in total. The predicted molar refractivity (Wildman–Crippen MR) is 56.1 cm³/mol. The van der Waals surface area contributed by atoms with E-state index in [0.717, 1.165) is 24.3 Å². The molecule has 1 fully saturated rings. The van der Waals surface area contributed by atoms with Gasteiger partial charge in [-0.05, 0) is 24.3 Å². The highest BCUT2D eigenvalue weighted by Crippen LogP contribution is 2.39. The molecule has 12 heavy (non-hydrogen) atoms. The van der Waals surface area contributed by atoms with Crippen LogP contribution in [0.3, 0.4) is 0 Å². The SMILES string of the molecule is C[C@@H]1C[C@H](O)C[C@@H]([Si](C)(C)C)C1. The van der Waals surface area contributed by atoms with Crippen molar-refractivity contribution in [1.29, 1.82) is 0 Å². The molecule has 0 aliphatic heterocycles. The second-order valence-electron chi connectivity index (χ2n) is 5.53. The summed E-state index contributed by atoms with van der Waals surface area (Å²) in [5, 5.41) is 9.64. The van der Waals surface area contributed by atoms with E-state index in [4.69, 9.17) is 0 Å². The summed E-state index contributed by atoms with van der Waals surface area (Å²) in [5.74, 6) is 0.741. The lowest BCUT2D eigenvalue weighted by Crippen LogP contribution is -2.36. The summed E-state index contributed by atoms with van der Waals surface area (Å²) in [5.41, 5.74) is 0.844. The first-order valence-corrected chi connectivity index (χ1v) is 8.65. The van der Waals surface area contributed by atoms with Crippen molar-refractivity contribution in [2.45, 2.75) is 57.5 Å². The summed E-state index contributed by atoms with van der Waals surface area (Å²) in [6.07, 6.45) is 3.44. The summed E-state index contributed by atoms with van der Waals surface area (Å²) in [4.78, 5) is 0. The summed E-state index contributed by atoms with van der Waals surface area (Å²) >= 11 is 0. The summed E-state index contributed by atoms with van der Waals surface area (Å²) < 4.78 is 0. The highest BCUT2D eigenvalue weighted by molar-refractivity contribution is 6.77. The zero-order chi connectivity index (χ0) is 9.35. The highest BCUT2D eigenvalue weighted by atomic mass is 28.3. The van der Waals surface area contributed by atoms with Gasteiger partial charge in [0.25, 0.3) is 0 Å². The van der Waals surface area contributed by atoms with E-state index >= 15 is 0 Å². The van der Waals surface area contributed by atoms with Crippen LogP contribution in [0.5, 0.6) is 0 Å². The molecule has 3 atom stereocenters. The molecule has 0 saturated heterocycles. The monoisotopic (exact) mass is 186 g/mol. The molecule has 0 spiro atoms. The fourth-order valence-corrected chi connectivity index (χ4v) is 4.36. The van der Waals surface area contributed by atoms with Gasteiger partial charge in [0, 0.05) is 8.07 Å². The van der Waals surface area contributed by atoms with Crippen molar-refractivity contribution in [3.05, 3.63) is 0 Å². The molecule has 0 aromatic heterocycles. The van der Waals surface area contributed by atoms with Crippen molar-refractivity contribution >= 4 is 8.07 Å². The summed E-state index contributed by atoms with van der Waals surface area (Å²) in [6.45, 7) is 9.53. The average molecular weight is 186 g/mol. The number of aliphatic hydroxyl groups excluding tert-OH is 1. The van der Waals surface area contributed by atoms with E-state index < -0.39 is 8.07 Å². The number of hydrogen-bond acceptors (Lipinski definition) is 1. The quantitative estimate of drug-likeness (QED) is 0.624. The van der Waals surface area contributed by atoms with Crippen molar-refractivity contribution in [3.8, 4) is 0 Å². The summed E-state index contributed by atoms with van der Waals surface area (Å²) in [7, 11) is -1.000. The Morgan fingerprint density at radius 3 is 2.08 bits per heavy atom. The largest absolute Gasteiger partial charge is 0.393 e. The van der Waals surface area contributed by atoms with Gasteiger partial charge in [-0.25, -0.2) is 0 Å². The van der Waals surface area contributed by atoms with Gasteiger partial charge in [0.05, 0.1) is 6.10 Å². The van der Waals surface area contributed by atoms with Crippen molar-refractivity contribution < 1.29 is 5.11 Å². The Hall–Kier alpha value is 0.177. The third-order valence-corrected chi connectivity index (χ3v) is 6.06. The van der Waals surface area contributed by atoms with E-state index in [0.29, 0.717) is 0 Å². The van der Waals surface area contributed by atoms with Gasteiger partial charge in [-0.2, -0.15) is 0 Å². The van der Waals surface area contributed by atoms with Gasteiger partial charge in [-0.15, -0.1) is 0 Å². The Bertz CT molecular complexity index is 140. The first-order chi connectivity index (χ1) is 5.39. The van der Waals surface area contributed by atoms with Crippen LogP contribution in [0.25, 0.3) is 0 Å².